The molecule has 10 heteroatoms. The number of halogens is 5. The Kier molecular flexibility index (Phi) is 5.08. The van der Waals surface area contributed by atoms with Crippen molar-refractivity contribution in [3.8, 4) is 0 Å². The van der Waals surface area contributed by atoms with Crippen LogP contribution in [-0.2, 0) is 12.0 Å². The first-order chi connectivity index (χ1) is 13.8. The van der Waals surface area contributed by atoms with Gasteiger partial charge in [0.15, 0.2) is 11.2 Å². The van der Waals surface area contributed by atoms with Gasteiger partial charge in [-0.1, -0.05) is 6.07 Å². The molecule has 1 aliphatic heterocycles. The second kappa shape index (κ2) is 7.03. The highest BCUT2D eigenvalue weighted by molar-refractivity contribution is 5.92. The maximum Gasteiger partial charge on any atom is 0.280 e. The van der Waals surface area contributed by atoms with Crippen molar-refractivity contribution in [2.75, 3.05) is 0 Å². The van der Waals surface area contributed by atoms with Crippen LogP contribution in [0.15, 0.2) is 35.5 Å². The second-order valence-electron chi connectivity index (χ2n) is 7.66. The maximum absolute atomic E-state index is 14.9. The summed E-state index contributed by atoms with van der Waals surface area (Å²) in [6, 6.07) is 4.36. The third-order valence-electron chi connectivity index (χ3n) is 5.26. The Hall–Kier alpha value is -3.04. The molecule has 2 atom stereocenters. The molecule has 0 radical (unpaired) electrons. The van der Waals surface area contributed by atoms with Crippen molar-refractivity contribution in [2.24, 2.45) is 16.5 Å². The number of nitrogens with two attached hydrogens (primary N) is 2. The van der Waals surface area contributed by atoms with Gasteiger partial charge in [0, 0.05) is 5.56 Å². The number of aromatic nitrogens is 1. The first-order valence-electron chi connectivity index (χ1n) is 8.92. The van der Waals surface area contributed by atoms with E-state index in [0.29, 0.717) is 0 Å². The number of hydrogen-bond donors (Lipinski definition) is 2. The number of amidine groups is 1. The Morgan fingerprint density at radius 1 is 1.17 bits per heavy atom. The largest absolute Gasteiger partial charge is 0.385 e. The predicted molar refractivity (Wildman–Crippen MR) is 100.0 cm³/mol. The summed E-state index contributed by atoms with van der Waals surface area (Å²) in [6.45, 7) is 1.85. The van der Waals surface area contributed by atoms with Crippen LogP contribution in [0.4, 0.5) is 22.0 Å². The molecule has 0 spiro atoms. The van der Waals surface area contributed by atoms with Crippen LogP contribution in [0.25, 0.3) is 0 Å². The topological polar surface area (TPSA) is 94.4 Å². The summed E-state index contributed by atoms with van der Waals surface area (Å²) in [7, 11) is 0. The molecule has 160 valence electrons. The predicted octanol–water partition coefficient (Wildman–Crippen LogP) is 3.39. The highest BCUT2D eigenvalue weighted by atomic mass is 19.3. The average molecular weight is 426 g/mol. The Balaban J connectivity index is 2.10. The van der Waals surface area contributed by atoms with E-state index in [1.807, 2.05) is 0 Å². The van der Waals surface area contributed by atoms with Crippen LogP contribution in [0.1, 0.15) is 47.4 Å². The first kappa shape index (κ1) is 21.7. The van der Waals surface area contributed by atoms with E-state index in [1.54, 1.807) is 0 Å². The molecule has 1 aromatic carbocycles. The van der Waals surface area contributed by atoms with E-state index in [-0.39, 0.29) is 23.2 Å². The molecule has 2 aromatic rings. The molecule has 30 heavy (non-hydrogen) atoms. The highest BCUT2D eigenvalue weighted by Crippen LogP contribution is 2.50. The van der Waals surface area contributed by atoms with Crippen LogP contribution >= 0.6 is 0 Å². The Labute approximate surface area is 169 Å². The fraction of sp³-hybridized carbons (Fsp3) is 0.350. The molecule has 5 nitrogen and oxygen atoms in total. The van der Waals surface area contributed by atoms with Gasteiger partial charge in [0.05, 0.1) is 12.6 Å². The quantitative estimate of drug-likeness (QED) is 0.734. The van der Waals surface area contributed by atoms with Gasteiger partial charge in [0.25, 0.3) is 11.8 Å². The number of pyridine rings is 1. The van der Waals surface area contributed by atoms with Crippen molar-refractivity contribution in [3.05, 3.63) is 64.5 Å². The number of amides is 1. The van der Waals surface area contributed by atoms with Gasteiger partial charge in [0.1, 0.15) is 23.2 Å². The zero-order valence-corrected chi connectivity index (χ0v) is 16.1. The van der Waals surface area contributed by atoms with E-state index in [1.165, 1.54) is 6.07 Å². The van der Waals surface area contributed by atoms with E-state index < -0.39 is 52.5 Å². The van der Waals surface area contributed by atoms with Crippen molar-refractivity contribution in [3.63, 3.8) is 0 Å². The monoisotopic (exact) mass is 426 g/mol. The number of carbonyl (C=O) groups excluding carboxylic acids is 1. The van der Waals surface area contributed by atoms with Crippen LogP contribution in [0.3, 0.4) is 0 Å². The van der Waals surface area contributed by atoms with E-state index in [2.05, 4.69) is 9.98 Å². The summed E-state index contributed by atoms with van der Waals surface area (Å²) >= 11 is 0. The third-order valence-corrected chi connectivity index (χ3v) is 5.26. The van der Waals surface area contributed by atoms with Gasteiger partial charge in [-0.3, -0.25) is 9.79 Å². The molecule has 3 rings (SSSR count). The number of nitrogens with zero attached hydrogens (tertiary/aromatic N) is 2. The summed E-state index contributed by atoms with van der Waals surface area (Å²) in [5, 5.41) is 0. The van der Waals surface area contributed by atoms with Gasteiger partial charge in [-0.05, 0) is 49.6 Å². The zero-order valence-electron chi connectivity index (χ0n) is 16.1. The fourth-order valence-electron chi connectivity index (χ4n) is 3.49. The molecule has 2 heterocycles. The van der Waals surface area contributed by atoms with Crippen LogP contribution in [0.2, 0.25) is 0 Å². The Morgan fingerprint density at radius 3 is 2.47 bits per heavy atom. The minimum absolute atomic E-state index is 0.0972. The first-order valence-corrected chi connectivity index (χ1v) is 8.92. The minimum atomic E-state index is -3.75. The van der Waals surface area contributed by atoms with E-state index in [9.17, 15) is 26.7 Å². The lowest BCUT2D eigenvalue weighted by molar-refractivity contribution is -0.106. The van der Waals surface area contributed by atoms with Crippen LogP contribution < -0.4 is 11.5 Å². The second-order valence-corrected chi connectivity index (χ2v) is 7.66. The van der Waals surface area contributed by atoms with Gasteiger partial charge in [-0.15, -0.1) is 0 Å². The lowest BCUT2D eigenvalue weighted by Gasteiger charge is -2.42. The number of primary amides is 1. The van der Waals surface area contributed by atoms with E-state index in [0.717, 1.165) is 38.2 Å². The molecule has 1 aromatic heterocycles. The van der Waals surface area contributed by atoms with Crippen molar-refractivity contribution >= 4 is 11.7 Å². The lowest BCUT2D eigenvalue weighted by atomic mass is 9.77. The summed E-state index contributed by atoms with van der Waals surface area (Å²) < 4.78 is 72.3. The lowest BCUT2D eigenvalue weighted by Crippen LogP contribution is -2.56. The molecule has 4 N–H and O–H groups in total. The van der Waals surface area contributed by atoms with Gasteiger partial charge in [-0.25, -0.2) is 26.9 Å². The summed E-state index contributed by atoms with van der Waals surface area (Å²) in [4.78, 5) is 18.8. The smallest absolute Gasteiger partial charge is 0.280 e. The van der Waals surface area contributed by atoms with E-state index >= 15 is 0 Å². The normalized spacial score (nSPS) is 25.6. The van der Waals surface area contributed by atoms with Crippen molar-refractivity contribution in [1.82, 2.24) is 4.98 Å². The van der Waals surface area contributed by atoms with Crippen molar-refractivity contribution in [1.29, 1.82) is 0 Å². The molecule has 0 saturated heterocycles. The highest BCUT2D eigenvalue weighted by Gasteiger charge is 2.60. The fourth-order valence-corrected chi connectivity index (χ4v) is 3.49. The molecule has 0 bridgehead atoms. The molecule has 0 saturated carbocycles. The Bertz CT molecular complexity index is 1050. The van der Waals surface area contributed by atoms with Crippen LogP contribution in [0, 0.1) is 11.6 Å². The number of carbonyl (C=O) groups is 1. The summed E-state index contributed by atoms with van der Waals surface area (Å²) in [6.07, 6.45) is -0.595. The molecule has 1 aliphatic rings. The van der Waals surface area contributed by atoms with Gasteiger partial charge in [-0.2, -0.15) is 0 Å². The number of aliphatic imine (C=N–C) groups is 1. The van der Waals surface area contributed by atoms with E-state index in [4.69, 9.17) is 11.5 Å². The summed E-state index contributed by atoms with van der Waals surface area (Å²) in [5.41, 5.74) is 5.43. The standard InChI is InChI=1S/C20H19F5N4O/c1-18(23)9-20(24,25)19(2,29-17(18)27)13-6-10(3-4-14(13)22)5-11-7-12(21)8-28-15(11)16(26)30/h3-4,6-8H,5,9H2,1-2H3,(H2,26,30)(H2,27,29). The minimum Gasteiger partial charge on any atom is -0.385 e. The zero-order chi connectivity index (χ0) is 22.5. The number of alkyl halides is 3. The van der Waals surface area contributed by atoms with Crippen LogP contribution in [-0.4, -0.2) is 28.3 Å². The van der Waals surface area contributed by atoms with Gasteiger partial charge >= 0.3 is 0 Å². The average Bonchev–Trinajstić information content (AvgIpc) is 2.61. The molecule has 0 aliphatic carbocycles. The molecular formula is C20H19F5N4O. The molecular weight excluding hydrogens is 407 g/mol. The number of benzene rings is 1. The molecule has 1 amide bonds. The van der Waals surface area contributed by atoms with Gasteiger partial charge in [0.2, 0.25) is 0 Å². The number of hydrogen-bond acceptors (Lipinski definition) is 4. The maximum atomic E-state index is 14.9. The molecule has 0 fully saturated rings. The molecule has 2 unspecified atom stereocenters. The van der Waals surface area contributed by atoms with Crippen molar-refractivity contribution < 1.29 is 26.7 Å². The SMILES string of the molecule is CC1(F)CC(F)(F)C(C)(c2cc(Cc3cc(F)cnc3C(N)=O)ccc2F)N=C1N. The third kappa shape index (κ3) is 3.61. The van der Waals surface area contributed by atoms with Crippen molar-refractivity contribution in [2.45, 2.75) is 43.8 Å². The summed E-state index contributed by atoms with van der Waals surface area (Å²) in [5.74, 6) is -7.05. The Morgan fingerprint density at radius 2 is 1.83 bits per heavy atom. The van der Waals surface area contributed by atoms with Crippen LogP contribution in [0.5, 0.6) is 0 Å². The number of rotatable bonds is 4. The van der Waals surface area contributed by atoms with Gasteiger partial charge < -0.3 is 11.5 Å².